The summed E-state index contributed by atoms with van der Waals surface area (Å²) in [5.41, 5.74) is 1.01. The quantitative estimate of drug-likeness (QED) is 0.650. The van der Waals surface area contributed by atoms with Crippen molar-refractivity contribution in [2.24, 2.45) is 4.99 Å². The van der Waals surface area contributed by atoms with E-state index in [9.17, 15) is 4.39 Å². The smallest absolute Gasteiger partial charge is 0.191 e. The van der Waals surface area contributed by atoms with Crippen molar-refractivity contribution in [1.82, 2.24) is 10.6 Å². The Morgan fingerprint density at radius 3 is 2.55 bits per heavy atom. The highest BCUT2D eigenvalue weighted by Gasteiger charge is 2.01. The van der Waals surface area contributed by atoms with Gasteiger partial charge in [-0.15, -0.1) is 11.3 Å². The Kier molecular flexibility index (Phi) is 5.55. The van der Waals surface area contributed by atoms with Crippen LogP contribution in [0.1, 0.15) is 10.4 Å². The summed E-state index contributed by atoms with van der Waals surface area (Å²) in [5, 5.41) is 8.47. The first kappa shape index (κ1) is 15.0. The molecule has 0 unspecified atom stereocenters. The molecule has 1 heterocycles. The lowest BCUT2D eigenvalue weighted by Gasteiger charge is -2.11. The van der Waals surface area contributed by atoms with Crippen molar-refractivity contribution in [2.75, 3.05) is 7.05 Å². The molecule has 2 rings (SSSR count). The molecule has 0 bridgehead atoms. The van der Waals surface area contributed by atoms with E-state index in [2.05, 4.69) is 37.6 Å². The molecule has 0 aliphatic carbocycles. The van der Waals surface area contributed by atoms with Gasteiger partial charge in [0.05, 0.1) is 6.54 Å². The van der Waals surface area contributed by atoms with Gasteiger partial charge in [0.1, 0.15) is 5.82 Å². The van der Waals surface area contributed by atoms with Crippen LogP contribution in [-0.4, -0.2) is 13.0 Å². The minimum absolute atomic E-state index is 0.223. The standard InChI is InChI=1S/C14H15BrFN3S/c1-17-14(19-8-13-6-11(15)9-20-13)18-7-10-2-4-12(16)5-3-10/h2-6,9H,7-8H2,1H3,(H2,17,18,19). The summed E-state index contributed by atoms with van der Waals surface area (Å²) in [6.45, 7) is 1.33. The molecule has 0 saturated carbocycles. The van der Waals surface area contributed by atoms with Crippen molar-refractivity contribution < 1.29 is 4.39 Å². The average Bonchev–Trinajstić information content (AvgIpc) is 2.87. The predicted molar refractivity (Wildman–Crippen MR) is 85.5 cm³/mol. The molecule has 20 heavy (non-hydrogen) atoms. The van der Waals surface area contributed by atoms with Crippen molar-refractivity contribution >= 4 is 33.2 Å². The van der Waals surface area contributed by atoms with Gasteiger partial charge in [0.25, 0.3) is 0 Å². The lowest BCUT2D eigenvalue weighted by molar-refractivity contribution is 0.626. The number of hydrogen-bond acceptors (Lipinski definition) is 2. The van der Waals surface area contributed by atoms with Crippen LogP contribution in [0.25, 0.3) is 0 Å². The van der Waals surface area contributed by atoms with E-state index in [-0.39, 0.29) is 5.82 Å². The molecule has 0 spiro atoms. The lowest BCUT2D eigenvalue weighted by Crippen LogP contribution is -2.36. The number of halogens is 2. The number of guanidine groups is 1. The molecule has 0 aliphatic heterocycles. The van der Waals surface area contributed by atoms with Crippen LogP contribution < -0.4 is 10.6 Å². The second-order valence-corrected chi connectivity index (χ2v) is 6.05. The molecule has 1 aromatic heterocycles. The monoisotopic (exact) mass is 355 g/mol. The molecule has 0 aliphatic rings. The average molecular weight is 356 g/mol. The molecule has 0 radical (unpaired) electrons. The number of nitrogens with one attached hydrogen (secondary N) is 2. The van der Waals surface area contributed by atoms with E-state index >= 15 is 0 Å². The molecule has 6 heteroatoms. The van der Waals surface area contributed by atoms with Crippen LogP contribution >= 0.6 is 27.3 Å². The van der Waals surface area contributed by atoms with Crippen molar-refractivity contribution in [1.29, 1.82) is 0 Å². The van der Waals surface area contributed by atoms with Crippen LogP contribution in [0.2, 0.25) is 0 Å². The third-order valence-electron chi connectivity index (χ3n) is 2.65. The Morgan fingerprint density at radius 2 is 1.95 bits per heavy atom. The molecule has 0 amide bonds. The second kappa shape index (κ2) is 7.40. The third kappa shape index (κ3) is 4.61. The summed E-state index contributed by atoms with van der Waals surface area (Å²) in [6, 6.07) is 8.50. The highest BCUT2D eigenvalue weighted by atomic mass is 79.9. The zero-order chi connectivity index (χ0) is 14.4. The first-order valence-corrected chi connectivity index (χ1v) is 7.76. The first-order chi connectivity index (χ1) is 9.67. The lowest BCUT2D eigenvalue weighted by atomic mass is 10.2. The van der Waals surface area contributed by atoms with Gasteiger partial charge in [-0.2, -0.15) is 0 Å². The van der Waals surface area contributed by atoms with Gasteiger partial charge in [0.15, 0.2) is 5.96 Å². The number of aliphatic imine (C=N–C) groups is 1. The molecule has 0 fully saturated rings. The number of nitrogens with zero attached hydrogens (tertiary/aromatic N) is 1. The van der Waals surface area contributed by atoms with Gasteiger partial charge in [-0.25, -0.2) is 4.39 Å². The number of hydrogen-bond donors (Lipinski definition) is 2. The zero-order valence-corrected chi connectivity index (χ0v) is 13.4. The minimum Gasteiger partial charge on any atom is -0.352 e. The van der Waals surface area contributed by atoms with E-state index < -0.39 is 0 Å². The molecule has 0 atom stereocenters. The van der Waals surface area contributed by atoms with E-state index in [1.54, 1.807) is 30.5 Å². The fourth-order valence-corrected chi connectivity index (χ4v) is 3.02. The Bertz CT molecular complexity index is 580. The van der Waals surface area contributed by atoms with Gasteiger partial charge in [0, 0.05) is 28.3 Å². The molecule has 3 nitrogen and oxygen atoms in total. The summed E-state index contributed by atoms with van der Waals surface area (Å²) in [5.74, 6) is 0.498. The van der Waals surface area contributed by atoms with E-state index in [1.165, 1.54) is 17.0 Å². The maximum Gasteiger partial charge on any atom is 0.191 e. The van der Waals surface area contributed by atoms with Gasteiger partial charge in [-0.05, 0) is 39.7 Å². The first-order valence-electron chi connectivity index (χ1n) is 6.09. The summed E-state index contributed by atoms with van der Waals surface area (Å²) in [4.78, 5) is 5.38. The van der Waals surface area contributed by atoms with Crippen LogP contribution in [0.4, 0.5) is 4.39 Å². The normalized spacial score (nSPS) is 11.4. The molecule has 0 saturated heterocycles. The maximum absolute atomic E-state index is 12.8. The van der Waals surface area contributed by atoms with Crippen molar-refractivity contribution in [3.05, 3.63) is 56.4 Å². The third-order valence-corrected chi connectivity index (χ3v) is 4.35. The maximum atomic E-state index is 12.8. The minimum atomic E-state index is -0.223. The fourth-order valence-electron chi connectivity index (χ4n) is 1.63. The Labute approximate surface area is 130 Å². The fraction of sp³-hybridized carbons (Fsp3) is 0.214. The van der Waals surface area contributed by atoms with Gasteiger partial charge < -0.3 is 10.6 Å². The number of thiophene rings is 1. The Hall–Kier alpha value is -1.40. The van der Waals surface area contributed by atoms with Crippen LogP contribution in [0.15, 0.2) is 45.2 Å². The number of rotatable bonds is 4. The summed E-state index contributed by atoms with van der Waals surface area (Å²) in [6.07, 6.45) is 0. The van der Waals surface area contributed by atoms with E-state index in [4.69, 9.17) is 0 Å². The highest BCUT2D eigenvalue weighted by Crippen LogP contribution is 2.19. The molecular formula is C14H15BrFN3S. The molecule has 2 N–H and O–H groups in total. The van der Waals surface area contributed by atoms with E-state index in [0.29, 0.717) is 6.54 Å². The molecular weight excluding hydrogens is 341 g/mol. The van der Waals surface area contributed by atoms with Crippen LogP contribution in [0.5, 0.6) is 0 Å². The largest absolute Gasteiger partial charge is 0.352 e. The topological polar surface area (TPSA) is 36.4 Å². The summed E-state index contributed by atoms with van der Waals surface area (Å²) < 4.78 is 13.9. The predicted octanol–water partition coefficient (Wildman–Crippen LogP) is 3.51. The second-order valence-electron chi connectivity index (χ2n) is 4.14. The van der Waals surface area contributed by atoms with Gasteiger partial charge >= 0.3 is 0 Å². The van der Waals surface area contributed by atoms with Crippen LogP contribution in [-0.2, 0) is 13.1 Å². The van der Waals surface area contributed by atoms with E-state index in [1.807, 2.05) is 5.38 Å². The Balaban J connectivity index is 1.82. The van der Waals surface area contributed by atoms with E-state index in [0.717, 1.165) is 22.5 Å². The van der Waals surface area contributed by atoms with Gasteiger partial charge in [-0.1, -0.05) is 12.1 Å². The van der Waals surface area contributed by atoms with Crippen molar-refractivity contribution in [3.63, 3.8) is 0 Å². The molecule has 2 aromatic rings. The molecule has 1 aromatic carbocycles. The number of benzene rings is 1. The summed E-state index contributed by atoms with van der Waals surface area (Å²) >= 11 is 5.11. The van der Waals surface area contributed by atoms with Gasteiger partial charge in [-0.3, -0.25) is 4.99 Å². The Morgan fingerprint density at radius 1 is 1.25 bits per heavy atom. The summed E-state index contributed by atoms with van der Waals surface area (Å²) in [7, 11) is 1.73. The SMILES string of the molecule is CN=C(NCc1ccc(F)cc1)NCc1cc(Br)cs1. The molecule has 106 valence electrons. The van der Waals surface area contributed by atoms with Crippen molar-refractivity contribution in [2.45, 2.75) is 13.1 Å². The van der Waals surface area contributed by atoms with Gasteiger partial charge in [0.2, 0.25) is 0 Å². The van der Waals surface area contributed by atoms with Crippen LogP contribution in [0, 0.1) is 5.82 Å². The van der Waals surface area contributed by atoms with Crippen molar-refractivity contribution in [3.8, 4) is 0 Å². The van der Waals surface area contributed by atoms with Crippen LogP contribution in [0.3, 0.4) is 0 Å². The zero-order valence-electron chi connectivity index (χ0n) is 11.0. The highest BCUT2D eigenvalue weighted by molar-refractivity contribution is 9.10.